The fourth-order valence-corrected chi connectivity index (χ4v) is 2.81. The maximum Gasteiger partial charge on any atom is 0.182 e. The van der Waals surface area contributed by atoms with E-state index in [1.54, 1.807) is 7.11 Å². The van der Waals surface area contributed by atoms with Gasteiger partial charge in [0.25, 0.3) is 0 Å². The lowest BCUT2D eigenvalue weighted by atomic mass is 10.0. The maximum absolute atomic E-state index is 5.62. The summed E-state index contributed by atoms with van der Waals surface area (Å²) >= 11 is 4.65. The second kappa shape index (κ2) is 2.38. The van der Waals surface area contributed by atoms with Gasteiger partial charge in [0.05, 0.1) is 11.4 Å². The Balaban J connectivity index is 2.28. The number of rotatable bonds is 1. The topological polar surface area (TPSA) is 18.5 Å². The molecule has 1 aliphatic carbocycles. The van der Waals surface area contributed by atoms with Crippen LogP contribution >= 0.6 is 12.6 Å². The summed E-state index contributed by atoms with van der Waals surface area (Å²) in [5, 5.41) is 0. The van der Waals surface area contributed by atoms with Crippen molar-refractivity contribution in [3.8, 4) is 0 Å². The molecule has 1 aliphatic heterocycles. The van der Waals surface area contributed by atoms with E-state index in [0.717, 1.165) is 25.9 Å². The Morgan fingerprint density at radius 3 is 2.82 bits per heavy atom. The first-order valence-electron chi connectivity index (χ1n) is 4.14. The van der Waals surface area contributed by atoms with Gasteiger partial charge < -0.3 is 9.47 Å². The van der Waals surface area contributed by atoms with Crippen molar-refractivity contribution in [2.45, 2.75) is 36.2 Å². The van der Waals surface area contributed by atoms with E-state index in [-0.39, 0.29) is 10.5 Å². The molecule has 2 atom stereocenters. The van der Waals surface area contributed by atoms with E-state index in [0.29, 0.717) is 0 Å². The Kier molecular flexibility index (Phi) is 1.71. The van der Waals surface area contributed by atoms with E-state index in [1.165, 1.54) is 6.42 Å². The summed E-state index contributed by atoms with van der Waals surface area (Å²) in [5.41, 5.74) is 0. The third-order valence-corrected chi connectivity index (χ3v) is 3.77. The number of thiol groups is 1. The smallest absolute Gasteiger partial charge is 0.182 e. The van der Waals surface area contributed by atoms with Gasteiger partial charge >= 0.3 is 0 Å². The van der Waals surface area contributed by atoms with E-state index in [4.69, 9.17) is 9.47 Å². The first-order chi connectivity index (χ1) is 5.22. The molecule has 64 valence electrons. The number of methoxy groups -OCH3 is 1. The van der Waals surface area contributed by atoms with Crippen molar-refractivity contribution in [3.63, 3.8) is 0 Å². The highest BCUT2D eigenvalue weighted by molar-refractivity contribution is 7.82. The summed E-state index contributed by atoms with van der Waals surface area (Å²) in [7, 11) is 1.72. The van der Waals surface area contributed by atoms with Gasteiger partial charge in [-0.1, -0.05) is 0 Å². The maximum atomic E-state index is 5.62. The largest absolute Gasteiger partial charge is 0.352 e. The minimum atomic E-state index is -0.351. The Labute approximate surface area is 72.7 Å². The molecule has 0 aromatic carbocycles. The molecule has 0 aromatic heterocycles. The molecule has 1 heterocycles. The lowest BCUT2D eigenvalue weighted by molar-refractivity contribution is -0.196. The van der Waals surface area contributed by atoms with Crippen LogP contribution in [0.5, 0.6) is 0 Å². The van der Waals surface area contributed by atoms with Gasteiger partial charge in [-0.2, -0.15) is 12.6 Å². The average molecular weight is 174 g/mol. The van der Waals surface area contributed by atoms with Crippen molar-refractivity contribution in [1.29, 1.82) is 0 Å². The molecule has 0 radical (unpaired) electrons. The van der Waals surface area contributed by atoms with Gasteiger partial charge in [0.15, 0.2) is 5.79 Å². The SMILES string of the molecule is COC12CCCC1(S)CCO2. The van der Waals surface area contributed by atoms with E-state index in [1.807, 2.05) is 0 Å². The predicted molar refractivity (Wildman–Crippen MR) is 45.9 cm³/mol. The lowest BCUT2D eigenvalue weighted by Gasteiger charge is -2.33. The van der Waals surface area contributed by atoms with Gasteiger partial charge in [0.1, 0.15) is 0 Å². The van der Waals surface area contributed by atoms with Gasteiger partial charge in [0, 0.05) is 13.5 Å². The highest BCUT2D eigenvalue weighted by atomic mass is 32.1. The summed E-state index contributed by atoms with van der Waals surface area (Å²) in [4.78, 5) is 0. The zero-order chi connectivity index (χ0) is 7.95. The van der Waals surface area contributed by atoms with Crippen molar-refractivity contribution in [3.05, 3.63) is 0 Å². The Bertz CT molecular complexity index is 159. The quantitative estimate of drug-likeness (QED) is 0.609. The van der Waals surface area contributed by atoms with E-state index >= 15 is 0 Å². The standard InChI is InChI=1S/C8H14O2S/c1-9-8-4-2-3-7(8,11)5-6-10-8/h11H,2-6H2,1H3. The normalized spacial score (nSPS) is 49.6. The van der Waals surface area contributed by atoms with Crippen LogP contribution in [0.3, 0.4) is 0 Å². The van der Waals surface area contributed by atoms with E-state index in [9.17, 15) is 0 Å². The molecule has 2 rings (SSSR count). The van der Waals surface area contributed by atoms with Gasteiger partial charge in [-0.05, 0) is 19.3 Å². The van der Waals surface area contributed by atoms with Crippen LogP contribution in [0.15, 0.2) is 0 Å². The zero-order valence-electron chi connectivity index (χ0n) is 6.80. The lowest BCUT2D eigenvalue weighted by Crippen LogP contribution is -2.43. The van der Waals surface area contributed by atoms with E-state index in [2.05, 4.69) is 12.6 Å². The van der Waals surface area contributed by atoms with Crippen molar-refractivity contribution in [2.24, 2.45) is 0 Å². The summed E-state index contributed by atoms with van der Waals surface area (Å²) in [5.74, 6) is -0.351. The molecule has 0 aromatic rings. The minimum Gasteiger partial charge on any atom is -0.352 e. The minimum absolute atomic E-state index is 0.00174. The first-order valence-corrected chi connectivity index (χ1v) is 4.59. The molecule has 1 saturated carbocycles. The van der Waals surface area contributed by atoms with Crippen LogP contribution in [0.1, 0.15) is 25.7 Å². The first kappa shape index (κ1) is 7.90. The van der Waals surface area contributed by atoms with Gasteiger partial charge in [-0.25, -0.2) is 0 Å². The third kappa shape index (κ3) is 0.879. The Morgan fingerprint density at radius 2 is 2.18 bits per heavy atom. The predicted octanol–water partition coefficient (Wildman–Crippen LogP) is 1.60. The van der Waals surface area contributed by atoms with Gasteiger partial charge in [-0.15, -0.1) is 0 Å². The fourth-order valence-electron chi connectivity index (χ4n) is 2.29. The third-order valence-electron chi connectivity index (χ3n) is 2.99. The molecule has 3 heteroatoms. The highest BCUT2D eigenvalue weighted by Crippen LogP contribution is 2.52. The average Bonchev–Trinajstić information content (AvgIpc) is 2.41. The molecule has 2 unspecified atom stereocenters. The van der Waals surface area contributed by atoms with Crippen LogP contribution in [0.25, 0.3) is 0 Å². The molecule has 2 aliphatic rings. The summed E-state index contributed by atoms with van der Waals surface area (Å²) in [6, 6.07) is 0. The fraction of sp³-hybridized carbons (Fsp3) is 1.00. The number of ether oxygens (including phenoxy) is 2. The summed E-state index contributed by atoms with van der Waals surface area (Å²) in [6.45, 7) is 0.803. The number of hydrogen-bond donors (Lipinski definition) is 1. The second-order valence-corrected chi connectivity index (χ2v) is 4.30. The van der Waals surface area contributed by atoms with Crippen molar-refractivity contribution >= 4 is 12.6 Å². The van der Waals surface area contributed by atoms with Crippen molar-refractivity contribution < 1.29 is 9.47 Å². The molecule has 0 bridgehead atoms. The van der Waals surface area contributed by atoms with Crippen molar-refractivity contribution in [2.75, 3.05) is 13.7 Å². The van der Waals surface area contributed by atoms with E-state index < -0.39 is 0 Å². The monoisotopic (exact) mass is 174 g/mol. The number of hydrogen-bond acceptors (Lipinski definition) is 3. The van der Waals surface area contributed by atoms with Gasteiger partial charge in [-0.3, -0.25) is 0 Å². The highest BCUT2D eigenvalue weighted by Gasteiger charge is 2.58. The number of fused-ring (bicyclic) bond motifs is 1. The molecule has 0 amide bonds. The van der Waals surface area contributed by atoms with Gasteiger partial charge in [0.2, 0.25) is 0 Å². The molecule has 1 saturated heterocycles. The van der Waals surface area contributed by atoms with Crippen LogP contribution < -0.4 is 0 Å². The van der Waals surface area contributed by atoms with Crippen LogP contribution in [-0.4, -0.2) is 24.3 Å². The molecular weight excluding hydrogens is 160 g/mol. The second-order valence-electron chi connectivity index (χ2n) is 3.44. The molecular formula is C8H14O2S. The molecule has 0 N–H and O–H groups in total. The molecule has 2 nitrogen and oxygen atoms in total. The Morgan fingerprint density at radius 1 is 1.36 bits per heavy atom. The van der Waals surface area contributed by atoms with Crippen LogP contribution in [0.4, 0.5) is 0 Å². The van der Waals surface area contributed by atoms with Crippen LogP contribution in [-0.2, 0) is 9.47 Å². The molecule has 11 heavy (non-hydrogen) atoms. The molecule has 0 spiro atoms. The summed E-state index contributed by atoms with van der Waals surface area (Å²) in [6.07, 6.45) is 4.35. The van der Waals surface area contributed by atoms with Crippen LogP contribution in [0.2, 0.25) is 0 Å². The Hall–Kier alpha value is 0.270. The molecule has 2 fully saturated rings. The summed E-state index contributed by atoms with van der Waals surface area (Å²) < 4.78 is 11.0. The van der Waals surface area contributed by atoms with Crippen molar-refractivity contribution in [1.82, 2.24) is 0 Å². The van der Waals surface area contributed by atoms with Crippen LogP contribution in [0, 0.1) is 0 Å². The zero-order valence-corrected chi connectivity index (χ0v) is 7.69.